The molecule has 2 N–H and O–H groups in total. The number of hydrogen-bond acceptors (Lipinski definition) is 0. The van der Waals surface area contributed by atoms with E-state index in [1.807, 2.05) is 0 Å². The molecule has 34 valence electrons. The third-order valence-electron chi connectivity index (χ3n) is 0. The molecule has 1 heteroatoms. The fraction of sp³-hybridized carbons (Fsp3) is 1.00. The molecule has 0 heterocycles. The summed E-state index contributed by atoms with van der Waals surface area (Å²) in [5.74, 6) is 0. The van der Waals surface area contributed by atoms with Crippen LogP contribution in [0.3, 0.4) is 0 Å². The van der Waals surface area contributed by atoms with E-state index in [9.17, 15) is 0 Å². The Morgan fingerprint density at radius 3 is 0.750 bits per heavy atom. The molecule has 0 fully saturated rings. The van der Waals surface area contributed by atoms with Crippen LogP contribution in [-0.4, -0.2) is 5.48 Å². The van der Waals surface area contributed by atoms with Crippen LogP contribution in [0.15, 0.2) is 0 Å². The summed E-state index contributed by atoms with van der Waals surface area (Å²) in [7, 11) is 0. The first kappa shape index (κ1) is 21700. The van der Waals surface area contributed by atoms with Gasteiger partial charge in [0.2, 0.25) is 0 Å². The van der Waals surface area contributed by atoms with Crippen molar-refractivity contribution in [1.29, 1.82) is 0 Å². The predicted molar refractivity (Wildman–Crippen MR) is 24.9 cm³/mol. The van der Waals surface area contributed by atoms with Gasteiger partial charge in [0.05, 0.1) is 0 Å². The molecule has 0 aromatic carbocycles. The Labute approximate surface area is 30.4 Å². The van der Waals surface area contributed by atoms with Crippen LogP contribution in [0.4, 0.5) is 0 Å². The van der Waals surface area contributed by atoms with Gasteiger partial charge in [0.1, 0.15) is 0 Å². The third-order valence-corrected chi connectivity index (χ3v) is 0. The summed E-state index contributed by atoms with van der Waals surface area (Å²) < 4.78 is 0. The molecule has 0 saturated carbocycles. The Hall–Kier alpha value is -0.0400. The maximum atomic E-state index is 0. The average Bonchev–Trinajstić information content (AvgIpc) is 0. The summed E-state index contributed by atoms with van der Waals surface area (Å²) in [5.41, 5.74) is 0. The topological polar surface area (TPSA) is 31.5 Å². The van der Waals surface area contributed by atoms with Crippen molar-refractivity contribution in [3.8, 4) is 0 Å². The Bertz CT molecular complexity index is 6.85. The number of hydrogen-bond donors (Lipinski definition) is 0. The molecule has 0 bridgehead atoms. The van der Waals surface area contributed by atoms with Crippen molar-refractivity contribution in [3.05, 3.63) is 0 Å². The summed E-state index contributed by atoms with van der Waals surface area (Å²) in [5, 5.41) is 0. The van der Waals surface area contributed by atoms with Gasteiger partial charge in [0.25, 0.3) is 0 Å². The van der Waals surface area contributed by atoms with E-state index in [4.69, 9.17) is 0 Å². The first-order chi connectivity index (χ1) is 0. The molecule has 0 aliphatic carbocycles. The second-order valence-corrected chi connectivity index (χ2v) is 0. The van der Waals surface area contributed by atoms with Gasteiger partial charge in [-0.1, -0.05) is 22.3 Å². The van der Waals surface area contributed by atoms with Crippen molar-refractivity contribution >= 4 is 0 Å². The van der Waals surface area contributed by atoms with Crippen LogP contribution in [-0.2, 0) is 0 Å². The summed E-state index contributed by atoms with van der Waals surface area (Å²) in [4.78, 5) is 0. The minimum atomic E-state index is 0. The molecule has 1 nitrogen and oxygen atoms in total. The van der Waals surface area contributed by atoms with Crippen molar-refractivity contribution in [1.82, 2.24) is 0 Å². The molecule has 0 saturated heterocycles. The summed E-state index contributed by atoms with van der Waals surface area (Å²) in [6.45, 7) is 0. The zero-order valence-corrected chi connectivity index (χ0v) is 0.500. The highest BCUT2D eigenvalue weighted by atomic mass is 16.0. The molecule has 4 heavy (non-hydrogen) atoms. The molecule has 0 aliphatic heterocycles. The Balaban J connectivity index is 0. The summed E-state index contributed by atoms with van der Waals surface area (Å²) >= 11 is 0. The molecule has 0 aliphatic rings. The van der Waals surface area contributed by atoms with Crippen LogP contribution in [0.2, 0.25) is 0 Å². The Kier molecular flexibility index (Phi) is 38500000. The quantitative estimate of drug-likeness (QED) is 0.409. The SMILES string of the molecule is C.C.C.O.[3H-]. The second kappa shape index (κ2) is 7110. The highest BCUT2D eigenvalue weighted by Gasteiger charge is -0.0755. The highest BCUT2D eigenvalue weighted by molar-refractivity contribution is 2.51. The minimum Gasteiger partial charge on any atom is -1.00 e. The van der Waals surface area contributed by atoms with Gasteiger partial charge in [-0.25, -0.2) is 0 Å². The van der Waals surface area contributed by atoms with Gasteiger partial charge < -0.3 is 6.90 Å². The fourth-order valence-electron chi connectivity index (χ4n) is 0. The van der Waals surface area contributed by atoms with Crippen LogP contribution in [0.5, 0.6) is 0 Å². The lowest BCUT2D eigenvalue weighted by Crippen LogP contribution is -0.289. The lowest BCUT2D eigenvalue weighted by molar-refractivity contribution is 0.824. The molecule has 0 amide bonds. The van der Waals surface area contributed by atoms with Crippen LogP contribution >= 0.6 is 0 Å². The van der Waals surface area contributed by atoms with Gasteiger partial charge in [-0.3, -0.25) is 0 Å². The van der Waals surface area contributed by atoms with Gasteiger partial charge in [-0.05, 0) is 0 Å². The predicted octanol–water partition coefficient (Wildman–Crippen LogP) is 1.20. The lowest BCUT2D eigenvalue weighted by atomic mass is 12.0. The molecular formula is C3H15O-. The van der Waals surface area contributed by atoms with E-state index in [-0.39, 0.29) is 29.2 Å². The monoisotopic (exact) mass is 69.1 g/mol. The van der Waals surface area contributed by atoms with Gasteiger partial charge in [0, 0.05) is 0 Å². The van der Waals surface area contributed by atoms with Crippen molar-refractivity contribution in [2.75, 3.05) is 0 Å². The van der Waals surface area contributed by atoms with E-state index >= 15 is 0 Å². The van der Waals surface area contributed by atoms with Crippen LogP contribution in [0.25, 0.3) is 0 Å². The van der Waals surface area contributed by atoms with Crippen LogP contribution < -0.4 is 0 Å². The molecule has 0 atom stereocenters. The van der Waals surface area contributed by atoms with Gasteiger partial charge in [0.15, 0.2) is 0 Å². The van der Waals surface area contributed by atoms with Crippen molar-refractivity contribution < 1.29 is 6.90 Å². The molecule has 0 aromatic rings. The minimum absolute atomic E-state index is 0. The molecule has 0 radical (unpaired) electrons. The van der Waals surface area contributed by atoms with E-state index in [2.05, 4.69) is 0 Å². The van der Waals surface area contributed by atoms with Crippen LogP contribution in [0.1, 0.15) is 23.7 Å². The number of rotatable bonds is 0. The van der Waals surface area contributed by atoms with E-state index in [1.54, 1.807) is 0 Å². The van der Waals surface area contributed by atoms with Crippen LogP contribution in [0, 0.1) is 0 Å². The zero-order chi connectivity index (χ0) is 0. The van der Waals surface area contributed by atoms with Gasteiger partial charge in [-0.15, -0.1) is 0 Å². The first-order valence-corrected chi connectivity index (χ1v) is 0. The first-order valence-electron chi connectivity index (χ1n) is 0. The van der Waals surface area contributed by atoms with Crippen molar-refractivity contribution in [2.45, 2.75) is 22.3 Å². The smallest absolute Gasteiger partial charge is 0.0776 e. The standard InChI is InChI=1S/3CH4.H2O.H/h3*1H4;1H2;/q;;;;-1/i;;;;1+2. The van der Waals surface area contributed by atoms with E-state index in [1.165, 1.54) is 0 Å². The highest BCUT2D eigenvalue weighted by Crippen LogP contribution is 0.146. The summed E-state index contributed by atoms with van der Waals surface area (Å²) in [6.07, 6.45) is 0. The van der Waals surface area contributed by atoms with Crippen molar-refractivity contribution in [2.24, 2.45) is 0 Å². The molecule has 0 rings (SSSR count). The lowest BCUT2D eigenvalue weighted by Gasteiger charge is -0.412. The fourth-order valence-corrected chi connectivity index (χ4v) is 0. The van der Waals surface area contributed by atoms with E-state index in [0.29, 0.717) is 0 Å². The van der Waals surface area contributed by atoms with Gasteiger partial charge >= 0.3 is 0 Å². The Morgan fingerprint density at radius 1 is 0.750 bits per heavy atom. The van der Waals surface area contributed by atoms with Crippen molar-refractivity contribution in [3.63, 3.8) is 0 Å². The normalized spacial score (nSPS) is 0. The molecular weight excluding hydrogens is 52.0 g/mol. The third kappa shape index (κ3) is 1130. The zero-order valence-electron chi connectivity index (χ0n) is 1.50. The second-order valence-electron chi connectivity index (χ2n) is 0. The molecule has 0 unspecified atom stereocenters. The summed E-state index contributed by atoms with van der Waals surface area (Å²) in [6, 6.07) is 0. The molecule has 0 spiro atoms. The molecule has 0 aromatic heterocycles. The van der Waals surface area contributed by atoms with E-state index in [0.717, 1.165) is 0 Å². The largest absolute Gasteiger partial charge is 1.00 e. The Morgan fingerprint density at radius 2 is 0.750 bits per heavy atom. The maximum absolute atomic E-state index is 0. The van der Waals surface area contributed by atoms with Gasteiger partial charge in [-0.2, -0.15) is 0 Å². The average molecular weight is 69.2 g/mol. The maximum Gasteiger partial charge on any atom is -0.0776 e. The van der Waals surface area contributed by atoms with E-state index < -0.39 is 0 Å².